The smallest absolute Gasteiger partial charge is 0.104 e. The number of aliphatic hydroxyl groups excluding tert-OH is 2. The van der Waals surface area contributed by atoms with E-state index >= 15 is 0 Å². The van der Waals surface area contributed by atoms with Gasteiger partial charge in [0, 0.05) is 0 Å². The van der Waals surface area contributed by atoms with Crippen molar-refractivity contribution >= 4 is 0 Å². The molecule has 2 heteroatoms. The molecule has 0 aliphatic heterocycles. The van der Waals surface area contributed by atoms with Crippen molar-refractivity contribution in [3.63, 3.8) is 0 Å². The van der Waals surface area contributed by atoms with Crippen LogP contribution >= 0.6 is 0 Å². The maximum atomic E-state index is 10.8. The van der Waals surface area contributed by atoms with Gasteiger partial charge in [-0.15, -0.1) is 0 Å². The summed E-state index contributed by atoms with van der Waals surface area (Å²) < 4.78 is 0. The Morgan fingerprint density at radius 3 is 1.21 bits per heavy atom. The first-order chi connectivity index (χ1) is 11.6. The van der Waals surface area contributed by atoms with E-state index in [0.717, 1.165) is 33.4 Å². The monoisotopic (exact) mass is 318 g/mol. The van der Waals surface area contributed by atoms with Crippen LogP contribution in [0.25, 0.3) is 0 Å². The Labute approximate surface area is 143 Å². The molecule has 3 aromatic carbocycles. The molecule has 2 unspecified atom stereocenters. The van der Waals surface area contributed by atoms with Crippen molar-refractivity contribution in [1.29, 1.82) is 0 Å². The topological polar surface area (TPSA) is 40.5 Å². The van der Waals surface area contributed by atoms with E-state index in [1.54, 1.807) is 0 Å². The van der Waals surface area contributed by atoms with E-state index in [1.165, 1.54) is 0 Å². The molecular weight excluding hydrogens is 296 g/mol. The molecule has 0 aliphatic carbocycles. The molecule has 122 valence electrons. The first-order valence-electron chi connectivity index (χ1n) is 8.14. The molecule has 3 rings (SSSR count). The summed E-state index contributed by atoms with van der Waals surface area (Å²) in [6, 6.07) is 23.2. The quantitative estimate of drug-likeness (QED) is 0.745. The molecule has 24 heavy (non-hydrogen) atoms. The Balaban J connectivity index is 1.98. The summed E-state index contributed by atoms with van der Waals surface area (Å²) in [5.74, 6) is 0. The van der Waals surface area contributed by atoms with Crippen LogP contribution in [0.1, 0.15) is 45.6 Å². The fourth-order valence-corrected chi connectivity index (χ4v) is 2.87. The SMILES string of the molecule is Cc1ccc(C(O)c2ccccc2C(O)c2ccc(C)cc2)cc1. The van der Waals surface area contributed by atoms with Crippen LogP contribution in [0.2, 0.25) is 0 Å². The molecule has 0 radical (unpaired) electrons. The van der Waals surface area contributed by atoms with Crippen molar-refractivity contribution in [3.05, 3.63) is 106 Å². The van der Waals surface area contributed by atoms with Crippen LogP contribution in [0.4, 0.5) is 0 Å². The Morgan fingerprint density at radius 1 is 0.542 bits per heavy atom. The maximum absolute atomic E-state index is 10.8. The summed E-state index contributed by atoms with van der Waals surface area (Å²) in [6.45, 7) is 4.04. The highest BCUT2D eigenvalue weighted by Gasteiger charge is 2.20. The second-order valence-electron chi connectivity index (χ2n) is 6.26. The van der Waals surface area contributed by atoms with Gasteiger partial charge in [-0.2, -0.15) is 0 Å². The molecule has 0 aliphatic rings. The summed E-state index contributed by atoms with van der Waals surface area (Å²) in [6.07, 6.45) is -1.52. The van der Waals surface area contributed by atoms with Crippen LogP contribution in [-0.2, 0) is 0 Å². The fourth-order valence-electron chi connectivity index (χ4n) is 2.87. The van der Waals surface area contributed by atoms with E-state index in [0.29, 0.717) is 0 Å². The summed E-state index contributed by atoms with van der Waals surface area (Å²) >= 11 is 0. The van der Waals surface area contributed by atoms with Gasteiger partial charge in [-0.3, -0.25) is 0 Å². The molecule has 0 saturated heterocycles. The van der Waals surface area contributed by atoms with E-state index in [4.69, 9.17) is 0 Å². The van der Waals surface area contributed by atoms with Crippen LogP contribution in [0.5, 0.6) is 0 Å². The fraction of sp³-hybridized carbons (Fsp3) is 0.182. The average Bonchev–Trinajstić information content (AvgIpc) is 2.62. The highest BCUT2D eigenvalue weighted by atomic mass is 16.3. The molecule has 0 aromatic heterocycles. The summed E-state index contributed by atoms with van der Waals surface area (Å²) in [4.78, 5) is 0. The standard InChI is InChI=1S/C22H22O2/c1-15-7-11-17(12-8-15)21(23)19-5-3-4-6-20(19)22(24)18-13-9-16(2)10-14-18/h3-14,21-24H,1-2H3. The first kappa shape index (κ1) is 16.4. The van der Waals surface area contributed by atoms with Crippen molar-refractivity contribution in [1.82, 2.24) is 0 Å². The van der Waals surface area contributed by atoms with Crippen molar-refractivity contribution in [2.45, 2.75) is 26.1 Å². The zero-order chi connectivity index (χ0) is 17.1. The first-order valence-corrected chi connectivity index (χ1v) is 8.14. The maximum Gasteiger partial charge on any atom is 0.104 e. The Kier molecular flexibility index (Phi) is 4.79. The molecule has 2 atom stereocenters. The lowest BCUT2D eigenvalue weighted by Crippen LogP contribution is -2.08. The number of rotatable bonds is 4. The summed E-state index contributed by atoms with van der Waals surface area (Å²) in [7, 11) is 0. The van der Waals surface area contributed by atoms with E-state index in [2.05, 4.69) is 0 Å². The van der Waals surface area contributed by atoms with Gasteiger partial charge in [0.05, 0.1) is 0 Å². The van der Waals surface area contributed by atoms with Crippen LogP contribution in [0, 0.1) is 13.8 Å². The molecule has 0 fully saturated rings. The van der Waals surface area contributed by atoms with Gasteiger partial charge in [0.15, 0.2) is 0 Å². The summed E-state index contributed by atoms with van der Waals surface area (Å²) in [5, 5.41) is 21.6. The van der Waals surface area contributed by atoms with Crippen molar-refractivity contribution in [2.24, 2.45) is 0 Å². The highest BCUT2D eigenvalue weighted by molar-refractivity contribution is 5.41. The number of hydrogen-bond acceptors (Lipinski definition) is 2. The Bertz CT molecular complexity index is 734. The third kappa shape index (κ3) is 3.40. The highest BCUT2D eigenvalue weighted by Crippen LogP contribution is 2.31. The predicted octanol–water partition coefficient (Wildman–Crippen LogP) is 4.47. The van der Waals surface area contributed by atoms with Crippen molar-refractivity contribution in [2.75, 3.05) is 0 Å². The second kappa shape index (κ2) is 7.00. The molecule has 2 nitrogen and oxygen atoms in total. The average molecular weight is 318 g/mol. The van der Waals surface area contributed by atoms with Crippen molar-refractivity contribution in [3.8, 4) is 0 Å². The van der Waals surface area contributed by atoms with Crippen LogP contribution in [0.15, 0.2) is 72.8 Å². The lowest BCUT2D eigenvalue weighted by atomic mass is 9.91. The third-order valence-corrected chi connectivity index (χ3v) is 4.37. The Hall–Kier alpha value is -2.42. The van der Waals surface area contributed by atoms with Gasteiger partial charge >= 0.3 is 0 Å². The van der Waals surface area contributed by atoms with Gasteiger partial charge in [0.25, 0.3) is 0 Å². The minimum atomic E-state index is -0.762. The van der Waals surface area contributed by atoms with Gasteiger partial charge in [-0.1, -0.05) is 83.9 Å². The number of aryl methyl sites for hydroxylation is 2. The molecule has 2 N–H and O–H groups in total. The lowest BCUT2D eigenvalue weighted by molar-refractivity contribution is 0.197. The molecular formula is C22H22O2. The molecule has 0 heterocycles. The largest absolute Gasteiger partial charge is 0.384 e. The zero-order valence-electron chi connectivity index (χ0n) is 14.0. The van der Waals surface area contributed by atoms with E-state index in [1.807, 2.05) is 86.6 Å². The number of aliphatic hydroxyl groups is 2. The lowest BCUT2D eigenvalue weighted by Gasteiger charge is -2.20. The second-order valence-corrected chi connectivity index (χ2v) is 6.26. The molecule has 0 spiro atoms. The molecule has 0 bridgehead atoms. The molecule has 0 saturated carbocycles. The zero-order valence-corrected chi connectivity index (χ0v) is 14.0. The van der Waals surface area contributed by atoms with E-state index in [9.17, 15) is 10.2 Å². The van der Waals surface area contributed by atoms with Crippen molar-refractivity contribution < 1.29 is 10.2 Å². The van der Waals surface area contributed by atoms with Gasteiger partial charge in [-0.05, 0) is 36.1 Å². The van der Waals surface area contributed by atoms with Crippen LogP contribution < -0.4 is 0 Å². The van der Waals surface area contributed by atoms with E-state index in [-0.39, 0.29) is 0 Å². The normalized spacial score (nSPS) is 13.5. The minimum absolute atomic E-state index is 0.731. The van der Waals surface area contributed by atoms with Gasteiger partial charge in [0.1, 0.15) is 12.2 Å². The number of benzene rings is 3. The number of hydrogen-bond donors (Lipinski definition) is 2. The van der Waals surface area contributed by atoms with E-state index < -0.39 is 12.2 Å². The summed E-state index contributed by atoms with van der Waals surface area (Å²) in [5.41, 5.74) is 5.41. The van der Waals surface area contributed by atoms with Gasteiger partial charge in [0.2, 0.25) is 0 Å². The Morgan fingerprint density at radius 2 is 0.875 bits per heavy atom. The molecule has 3 aromatic rings. The third-order valence-electron chi connectivity index (χ3n) is 4.37. The predicted molar refractivity (Wildman–Crippen MR) is 96.9 cm³/mol. The van der Waals surface area contributed by atoms with Crippen LogP contribution in [0.3, 0.4) is 0 Å². The molecule has 0 amide bonds. The minimum Gasteiger partial charge on any atom is -0.384 e. The van der Waals surface area contributed by atoms with Gasteiger partial charge < -0.3 is 10.2 Å². The van der Waals surface area contributed by atoms with Crippen LogP contribution in [-0.4, -0.2) is 10.2 Å². The van der Waals surface area contributed by atoms with Gasteiger partial charge in [-0.25, -0.2) is 0 Å².